The molecule has 20 heavy (non-hydrogen) atoms. The van der Waals surface area contributed by atoms with Crippen LogP contribution in [-0.2, 0) is 0 Å². The molecule has 1 aliphatic rings. The molecule has 1 saturated carbocycles. The molecule has 1 aromatic rings. The SMILES string of the molecule is Cc1cc(C(O)CCNC(=O)NC2CCCC2)c(C)o1. The standard InChI is InChI=1S/C15H24N2O3/c1-10-9-13(11(2)20-10)14(18)7-8-16-15(19)17-12-5-3-4-6-12/h9,12,14,18H,3-8H2,1-2H3,(H2,16,17,19). The number of rotatable bonds is 5. The molecule has 1 heterocycles. The Hall–Kier alpha value is -1.49. The molecule has 3 N–H and O–H groups in total. The van der Waals surface area contributed by atoms with Crippen LogP contribution in [0.1, 0.15) is 55.3 Å². The van der Waals surface area contributed by atoms with E-state index in [2.05, 4.69) is 10.6 Å². The molecule has 5 heteroatoms. The zero-order valence-electron chi connectivity index (χ0n) is 12.2. The van der Waals surface area contributed by atoms with Crippen LogP contribution in [0.15, 0.2) is 10.5 Å². The van der Waals surface area contributed by atoms with Crippen LogP contribution < -0.4 is 10.6 Å². The van der Waals surface area contributed by atoms with Gasteiger partial charge in [-0.3, -0.25) is 0 Å². The molecule has 2 amide bonds. The average molecular weight is 280 g/mol. The Balaban J connectivity index is 1.69. The summed E-state index contributed by atoms with van der Waals surface area (Å²) in [6.07, 6.45) is 4.43. The number of aliphatic hydroxyl groups excluding tert-OH is 1. The minimum atomic E-state index is -0.598. The second-order valence-electron chi connectivity index (χ2n) is 5.55. The molecule has 1 aliphatic carbocycles. The lowest BCUT2D eigenvalue weighted by molar-refractivity contribution is 0.165. The van der Waals surface area contributed by atoms with E-state index < -0.39 is 6.10 Å². The highest BCUT2D eigenvalue weighted by Gasteiger charge is 2.18. The lowest BCUT2D eigenvalue weighted by Crippen LogP contribution is -2.41. The number of aryl methyl sites for hydroxylation is 2. The predicted molar refractivity (Wildman–Crippen MR) is 76.5 cm³/mol. The molecule has 0 aromatic carbocycles. The van der Waals surface area contributed by atoms with Gasteiger partial charge in [0.2, 0.25) is 0 Å². The van der Waals surface area contributed by atoms with Crippen molar-refractivity contribution in [3.63, 3.8) is 0 Å². The van der Waals surface area contributed by atoms with Crippen molar-refractivity contribution in [1.29, 1.82) is 0 Å². The van der Waals surface area contributed by atoms with Crippen molar-refractivity contribution >= 4 is 6.03 Å². The molecule has 0 spiro atoms. The Morgan fingerprint density at radius 3 is 2.75 bits per heavy atom. The number of nitrogens with one attached hydrogen (secondary N) is 2. The predicted octanol–water partition coefficient (Wildman–Crippen LogP) is 2.56. The summed E-state index contributed by atoms with van der Waals surface area (Å²) in [6.45, 7) is 4.14. The van der Waals surface area contributed by atoms with Gasteiger partial charge >= 0.3 is 6.03 Å². The average Bonchev–Trinajstić information content (AvgIpc) is 2.98. The molecule has 5 nitrogen and oxygen atoms in total. The van der Waals surface area contributed by atoms with Crippen molar-refractivity contribution in [2.75, 3.05) is 6.54 Å². The van der Waals surface area contributed by atoms with Gasteiger partial charge in [-0.2, -0.15) is 0 Å². The van der Waals surface area contributed by atoms with Crippen molar-refractivity contribution in [2.45, 2.75) is 58.1 Å². The van der Waals surface area contributed by atoms with Crippen LogP contribution in [0, 0.1) is 13.8 Å². The van der Waals surface area contributed by atoms with E-state index in [4.69, 9.17) is 4.42 Å². The van der Waals surface area contributed by atoms with Gasteiger partial charge in [-0.05, 0) is 39.2 Å². The fourth-order valence-corrected chi connectivity index (χ4v) is 2.77. The Bertz CT molecular complexity index is 450. The molecule has 1 fully saturated rings. The number of urea groups is 1. The molecule has 1 aromatic heterocycles. The summed E-state index contributed by atoms with van der Waals surface area (Å²) in [5.41, 5.74) is 0.806. The van der Waals surface area contributed by atoms with Gasteiger partial charge in [-0.1, -0.05) is 12.8 Å². The van der Waals surface area contributed by atoms with Crippen LogP contribution in [0.3, 0.4) is 0 Å². The van der Waals surface area contributed by atoms with Crippen molar-refractivity contribution in [3.05, 3.63) is 23.2 Å². The first-order valence-corrected chi connectivity index (χ1v) is 7.35. The van der Waals surface area contributed by atoms with Gasteiger partial charge in [-0.15, -0.1) is 0 Å². The molecule has 1 atom stereocenters. The third-order valence-electron chi connectivity index (χ3n) is 3.83. The van der Waals surface area contributed by atoms with E-state index in [9.17, 15) is 9.90 Å². The molecule has 0 saturated heterocycles. The molecule has 0 radical (unpaired) electrons. The maximum absolute atomic E-state index is 11.7. The third kappa shape index (κ3) is 4.00. The topological polar surface area (TPSA) is 74.5 Å². The number of carbonyl (C=O) groups is 1. The highest BCUT2D eigenvalue weighted by atomic mass is 16.3. The van der Waals surface area contributed by atoms with E-state index in [1.807, 2.05) is 19.9 Å². The van der Waals surface area contributed by atoms with Crippen LogP contribution in [0.4, 0.5) is 4.79 Å². The number of hydrogen-bond acceptors (Lipinski definition) is 3. The summed E-state index contributed by atoms with van der Waals surface area (Å²) < 4.78 is 5.39. The summed E-state index contributed by atoms with van der Waals surface area (Å²) in [7, 11) is 0. The van der Waals surface area contributed by atoms with E-state index in [0.29, 0.717) is 19.0 Å². The van der Waals surface area contributed by atoms with E-state index >= 15 is 0 Å². The molecule has 1 unspecified atom stereocenters. The molecule has 112 valence electrons. The molecule has 2 rings (SSSR count). The summed E-state index contributed by atoms with van der Waals surface area (Å²) in [4.78, 5) is 11.7. The second-order valence-corrected chi connectivity index (χ2v) is 5.55. The van der Waals surface area contributed by atoms with Crippen LogP contribution >= 0.6 is 0 Å². The van der Waals surface area contributed by atoms with E-state index in [1.54, 1.807) is 0 Å². The molecule has 0 aliphatic heterocycles. The van der Waals surface area contributed by atoms with Crippen LogP contribution in [0.25, 0.3) is 0 Å². The molecule has 0 bridgehead atoms. The largest absolute Gasteiger partial charge is 0.466 e. The molecular formula is C15H24N2O3. The van der Waals surface area contributed by atoms with Gasteiger partial charge in [0, 0.05) is 18.2 Å². The monoisotopic (exact) mass is 280 g/mol. The first kappa shape index (κ1) is 14.9. The van der Waals surface area contributed by atoms with Crippen LogP contribution in [0.2, 0.25) is 0 Å². The maximum atomic E-state index is 11.7. The first-order valence-electron chi connectivity index (χ1n) is 7.35. The van der Waals surface area contributed by atoms with Crippen molar-refractivity contribution in [3.8, 4) is 0 Å². The van der Waals surface area contributed by atoms with Crippen molar-refractivity contribution in [2.24, 2.45) is 0 Å². The van der Waals surface area contributed by atoms with Gasteiger partial charge in [-0.25, -0.2) is 4.79 Å². The van der Waals surface area contributed by atoms with E-state index in [1.165, 1.54) is 12.8 Å². The van der Waals surface area contributed by atoms with Crippen molar-refractivity contribution in [1.82, 2.24) is 10.6 Å². The van der Waals surface area contributed by atoms with Gasteiger partial charge in [0.1, 0.15) is 11.5 Å². The zero-order valence-corrected chi connectivity index (χ0v) is 12.2. The fraction of sp³-hybridized carbons (Fsp3) is 0.667. The third-order valence-corrected chi connectivity index (χ3v) is 3.83. The highest BCUT2D eigenvalue weighted by molar-refractivity contribution is 5.74. The number of hydrogen-bond donors (Lipinski definition) is 3. The Labute approximate surface area is 119 Å². The summed E-state index contributed by atoms with van der Waals surface area (Å²) in [6, 6.07) is 2.03. The molecular weight excluding hydrogens is 256 g/mol. The smallest absolute Gasteiger partial charge is 0.315 e. The van der Waals surface area contributed by atoms with Gasteiger partial charge < -0.3 is 20.2 Å². The number of amides is 2. The van der Waals surface area contributed by atoms with Crippen LogP contribution in [0.5, 0.6) is 0 Å². The highest BCUT2D eigenvalue weighted by Crippen LogP contribution is 2.23. The quantitative estimate of drug-likeness (QED) is 0.776. The zero-order chi connectivity index (χ0) is 14.5. The minimum Gasteiger partial charge on any atom is -0.466 e. The summed E-state index contributed by atoms with van der Waals surface area (Å²) in [5, 5.41) is 15.8. The first-order chi connectivity index (χ1) is 9.56. The van der Waals surface area contributed by atoms with E-state index in [-0.39, 0.29) is 6.03 Å². The summed E-state index contributed by atoms with van der Waals surface area (Å²) in [5.74, 6) is 1.54. The normalized spacial score (nSPS) is 17.1. The minimum absolute atomic E-state index is 0.135. The van der Waals surface area contributed by atoms with E-state index in [0.717, 1.165) is 29.9 Å². The number of aliphatic hydroxyl groups is 1. The number of furan rings is 1. The fourth-order valence-electron chi connectivity index (χ4n) is 2.77. The Morgan fingerprint density at radius 2 is 2.15 bits per heavy atom. The maximum Gasteiger partial charge on any atom is 0.315 e. The van der Waals surface area contributed by atoms with Crippen LogP contribution in [-0.4, -0.2) is 23.7 Å². The van der Waals surface area contributed by atoms with Gasteiger partial charge in [0.25, 0.3) is 0 Å². The second kappa shape index (κ2) is 6.79. The number of carbonyl (C=O) groups excluding carboxylic acids is 1. The Kier molecular flexibility index (Phi) is 5.06. The van der Waals surface area contributed by atoms with Crippen molar-refractivity contribution < 1.29 is 14.3 Å². The lowest BCUT2D eigenvalue weighted by atomic mass is 10.1. The Morgan fingerprint density at radius 1 is 1.45 bits per heavy atom. The lowest BCUT2D eigenvalue weighted by Gasteiger charge is -2.14. The summed E-state index contributed by atoms with van der Waals surface area (Å²) >= 11 is 0. The van der Waals surface area contributed by atoms with Gasteiger partial charge in [0.15, 0.2) is 0 Å². The van der Waals surface area contributed by atoms with Gasteiger partial charge in [0.05, 0.1) is 6.10 Å².